The number of phenols is 1. The van der Waals surface area contributed by atoms with Crippen LogP contribution in [0.1, 0.15) is 36.6 Å². The van der Waals surface area contributed by atoms with Gasteiger partial charge in [0.1, 0.15) is 5.75 Å². The summed E-state index contributed by atoms with van der Waals surface area (Å²) in [5.74, 6) is 0.268. The molecule has 4 heteroatoms. The summed E-state index contributed by atoms with van der Waals surface area (Å²) < 4.78 is 0. The molecular formula is C17H20ClNO2. The third-order valence-electron chi connectivity index (χ3n) is 3.58. The third-order valence-corrected chi connectivity index (χ3v) is 3.83. The van der Waals surface area contributed by atoms with Crippen molar-refractivity contribution >= 4 is 11.6 Å². The first-order valence-electron chi connectivity index (χ1n) is 7.06. The van der Waals surface area contributed by atoms with Gasteiger partial charge in [-0.15, -0.1) is 0 Å². The minimum atomic E-state index is -0.202. The number of para-hydroxylation sites is 1. The summed E-state index contributed by atoms with van der Waals surface area (Å²) in [5, 5.41) is 23.7. The van der Waals surface area contributed by atoms with Gasteiger partial charge in [-0.2, -0.15) is 0 Å². The quantitative estimate of drug-likeness (QED) is 0.760. The molecule has 0 spiro atoms. The Hall–Kier alpha value is -1.55. The first kappa shape index (κ1) is 15.8. The molecule has 2 atom stereocenters. The smallest absolute Gasteiger partial charge is 0.120 e. The summed E-state index contributed by atoms with van der Waals surface area (Å²) >= 11 is 5.89. The van der Waals surface area contributed by atoms with E-state index in [1.54, 1.807) is 12.1 Å². The van der Waals surface area contributed by atoms with Crippen LogP contribution in [-0.4, -0.2) is 16.8 Å². The molecule has 3 N–H and O–H groups in total. The molecule has 3 nitrogen and oxygen atoms in total. The van der Waals surface area contributed by atoms with Crippen molar-refractivity contribution in [1.29, 1.82) is 0 Å². The van der Waals surface area contributed by atoms with Crippen molar-refractivity contribution in [1.82, 2.24) is 5.32 Å². The summed E-state index contributed by atoms with van der Waals surface area (Å²) in [4.78, 5) is 0. The van der Waals surface area contributed by atoms with Gasteiger partial charge in [-0.05, 0) is 30.2 Å². The lowest BCUT2D eigenvalue weighted by atomic mass is 10.00. The Morgan fingerprint density at radius 1 is 1.05 bits per heavy atom. The van der Waals surface area contributed by atoms with E-state index in [0.29, 0.717) is 5.02 Å². The molecule has 0 saturated heterocycles. The Morgan fingerprint density at radius 2 is 1.71 bits per heavy atom. The lowest BCUT2D eigenvalue weighted by molar-refractivity contribution is 0.231. The Kier molecular flexibility index (Phi) is 5.62. The predicted octanol–water partition coefficient (Wildman–Crippen LogP) is 3.82. The number of aliphatic hydroxyl groups excluding tert-OH is 1. The van der Waals surface area contributed by atoms with Crippen molar-refractivity contribution in [2.45, 2.75) is 25.4 Å². The minimum Gasteiger partial charge on any atom is -0.508 e. The fraction of sp³-hybridized carbons (Fsp3) is 0.294. The highest BCUT2D eigenvalue weighted by molar-refractivity contribution is 6.30. The zero-order valence-corrected chi connectivity index (χ0v) is 12.7. The molecule has 2 aromatic rings. The minimum absolute atomic E-state index is 0.0221. The van der Waals surface area contributed by atoms with Crippen LogP contribution in [0.4, 0.5) is 0 Å². The van der Waals surface area contributed by atoms with E-state index < -0.39 is 0 Å². The second kappa shape index (κ2) is 7.46. The second-order valence-electron chi connectivity index (χ2n) is 4.97. The molecule has 0 aliphatic rings. The molecule has 2 unspecified atom stereocenters. The van der Waals surface area contributed by atoms with Gasteiger partial charge in [0, 0.05) is 16.6 Å². The standard InChI is InChI=1S/C17H20ClNO2/c1-2-15(14-5-3-4-6-17(14)21)19-16(11-20)12-7-9-13(18)10-8-12/h3-10,15-16,19-21H,2,11H2,1H3. The van der Waals surface area contributed by atoms with Crippen molar-refractivity contribution in [3.63, 3.8) is 0 Å². The van der Waals surface area contributed by atoms with Gasteiger partial charge in [-0.3, -0.25) is 0 Å². The third kappa shape index (κ3) is 3.97. The number of rotatable bonds is 6. The fourth-order valence-electron chi connectivity index (χ4n) is 2.40. The first-order chi connectivity index (χ1) is 10.2. The summed E-state index contributed by atoms with van der Waals surface area (Å²) in [6.07, 6.45) is 0.807. The monoisotopic (exact) mass is 305 g/mol. The average molecular weight is 306 g/mol. The number of phenolic OH excluding ortho intramolecular Hbond substituents is 1. The predicted molar refractivity (Wildman–Crippen MR) is 85.6 cm³/mol. The maximum Gasteiger partial charge on any atom is 0.120 e. The van der Waals surface area contributed by atoms with Crippen LogP contribution in [0.15, 0.2) is 48.5 Å². The zero-order valence-electron chi connectivity index (χ0n) is 12.0. The second-order valence-corrected chi connectivity index (χ2v) is 5.41. The maximum atomic E-state index is 9.98. The fourth-order valence-corrected chi connectivity index (χ4v) is 2.53. The van der Waals surface area contributed by atoms with Gasteiger partial charge in [-0.25, -0.2) is 0 Å². The van der Waals surface area contributed by atoms with Gasteiger partial charge < -0.3 is 15.5 Å². The largest absolute Gasteiger partial charge is 0.508 e. The highest BCUT2D eigenvalue weighted by Gasteiger charge is 2.18. The molecule has 0 aliphatic carbocycles. The van der Waals surface area contributed by atoms with Crippen LogP contribution in [0.2, 0.25) is 5.02 Å². The van der Waals surface area contributed by atoms with Crippen molar-refractivity contribution in [2.24, 2.45) is 0 Å². The lowest BCUT2D eigenvalue weighted by Gasteiger charge is -2.25. The summed E-state index contributed by atoms with van der Waals surface area (Å²) in [5.41, 5.74) is 1.81. The van der Waals surface area contributed by atoms with E-state index in [0.717, 1.165) is 17.5 Å². The molecule has 2 rings (SSSR count). The van der Waals surface area contributed by atoms with Gasteiger partial charge in [0.2, 0.25) is 0 Å². The number of hydrogen-bond donors (Lipinski definition) is 3. The Morgan fingerprint density at radius 3 is 2.29 bits per heavy atom. The van der Waals surface area contributed by atoms with E-state index >= 15 is 0 Å². The molecule has 0 heterocycles. The average Bonchev–Trinajstić information content (AvgIpc) is 2.51. The SMILES string of the molecule is CCC(NC(CO)c1ccc(Cl)cc1)c1ccccc1O. The number of nitrogens with one attached hydrogen (secondary N) is 1. The summed E-state index contributed by atoms with van der Waals surface area (Å²) in [7, 11) is 0. The van der Waals surface area contributed by atoms with E-state index in [2.05, 4.69) is 5.32 Å². The Labute approximate surface area is 130 Å². The lowest BCUT2D eigenvalue weighted by Crippen LogP contribution is -2.28. The topological polar surface area (TPSA) is 52.5 Å². The van der Waals surface area contributed by atoms with E-state index in [-0.39, 0.29) is 24.4 Å². The van der Waals surface area contributed by atoms with Crippen molar-refractivity contribution < 1.29 is 10.2 Å². The maximum absolute atomic E-state index is 9.98. The van der Waals surface area contributed by atoms with Crippen LogP contribution in [0.3, 0.4) is 0 Å². The van der Waals surface area contributed by atoms with Crippen molar-refractivity contribution in [3.05, 3.63) is 64.7 Å². The molecular weight excluding hydrogens is 286 g/mol. The highest BCUT2D eigenvalue weighted by Crippen LogP contribution is 2.28. The van der Waals surface area contributed by atoms with E-state index in [9.17, 15) is 10.2 Å². The van der Waals surface area contributed by atoms with Gasteiger partial charge in [0.15, 0.2) is 0 Å². The van der Waals surface area contributed by atoms with Crippen LogP contribution in [-0.2, 0) is 0 Å². The molecule has 112 valence electrons. The molecule has 0 amide bonds. The molecule has 21 heavy (non-hydrogen) atoms. The van der Waals surface area contributed by atoms with Crippen molar-refractivity contribution in [3.8, 4) is 5.75 Å². The van der Waals surface area contributed by atoms with E-state index in [4.69, 9.17) is 11.6 Å². The number of aromatic hydroxyl groups is 1. The molecule has 0 fully saturated rings. The van der Waals surface area contributed by atoms with Crippen LogP contribution in [0, 0.1) is 0 Å². The molecule has 0 bridgehead atoms. The van der Waals surface area contributed by atoms with Gasteiger partial charge in [0.05, 0.1) is 12.6 Å². The number of aliphatic hydroxyl groups is 1. The van der Waals surface area contributed by atoms with Crippen LogP contribution in [0.5, 0.6) is 5.75 Å². The van der Waals surface area contributed by atoms with E-state index in [1.165, 1.54) is 0 Å². The number of benzene rings is 2. The molecule has 0 radical (unpaired) electrons. The molecule has 0 saturated carbocycles. The zero-order chi connectivity index (χ0) is 15.2. The summed E-state index contributed by atoms with van der Waals surface area (Å²) in [6, 6.07) is 14.4. The van der Waals surface area contributed by atoms with Gasteiger partial charge >= 0.3 is 0 Å². The number of halogens is 1. The molecule has 0 aromatic heterocycles. The highest BCUT2D eigenvalue weighted by atomic mass is 35.5. The Balaban J connectivity index is 2.19. The van der Waals surface area contributed by atoms with Gasteiger partial charge in [-0.1, -0.05) is 48.9 Å². The normalized spacial score (nSPS) is 13.9. The molecule has 0 aliphatic heterocycles. The van der Waals surface area contributed by atoms with Crippen LogP contribution in [0.25, 0.3) is 0 Å². The van der Waals surface area contributed by atoms with Gasteiger partial charge in [0.25, 0.3) is 0 Å². The van der Waals surface area contributed by atoms with Crippen molar-refractivity contribution in [2.75, 3.05) is 6.61 Å². The number of hydrogen-bond acceptors (Lipinski definition) is 3. The first-order valence-corrected chi connectivity index (χ1v) is 7.43. The van der Waals surface area contributed by atoms with E-state index in [1.807, 2.05) is 43.3 Å². The van der Waals surface area contributed by atoms with Crippen LogP contribution >= 0.6 is 11.6 Å². The summed E-state index contributed by atoms with van der Waals surface area (Å²) in [6.45, 7) is 2.02. The van der Waals surface area contributed by atoms with Crippen LogP contribution < -0.4 is 5.32 Å². The Bertz CT molecular complexity index is 571. The molecule has 2 aromatic carbocycles.